The minimum atomic E-state index is -4.76. The molecule has 0 radical (unpaired) electrons. The number of hydrogen-bond donors (Lipinski definition) is 1. The summed E-state index contributed by atoms with van der Waals surface area (Å²) in [7, 11) is 0. The van der Waals surface area contributed by atoms with Crippen LogP contribution >= 0.6 is 0 Å². The predicted octanol–water partition coefficient (Wildman–Crippen LogP) is 4.11. The van der Waals surface area contributed by atoms with Gasteiger partial charge in [-0.15, -0.1) is 0 Å². The maximum Gasteiger partial charge on any atom is 0.421 e. The van der Waals surface area contributed by atoms with E-state index in [1.807, 2.05) is 13.8 Å². The van der Waals surface area contributed by atoms with E-state index in [1.165, 1.54) is 6.07 Å². The number of aryl methyl sites for hydroxylation is 2. The van der Waals surface area contributed by atoms with Gasteiger partial charge in [-0.1, -0.05) is 25.5 Å². The molecule has 1 atom stereocenters. The summed E-state index contributed by atoms with van der Waals surface area (Å²) in [4.78, 5) is 0. The summed E-state index contributed by atoms with van der Waals surface area (Å²) < 4.78 is 44.7. The van der Waals surface area contributed by atoms with Gasteiger partial charge in [0.2, 0.25) is 0 Å². The molecule has 0 amide bonds. The molecule has 0 heterocycles. The zero-order chi connectivity index (χ0) is 15.7. The van der Waals surface area contributed by atoms with E-state index in [2.05, 4.69) is 0 Å². The minimum Gasteiger partial charge on any atom is -0.493 e. The summed E-state index contributed by atoms with van der Waals surface area (Å²) in [6.07, 6.45) is -4.76. The quantitative estimate of drug-likeness (QED) is 0.904. The van der Waals surface area contributed by atoms with Gasteiger partial charge in [0.05, 0.1) is 6.61 Å². The summed E-state index contributed by atoms with van der Waals surface area (Å²) in [6, 6.07) is 3.07. The fraction of sp³-hybridized carbons (Fsp3) is 0.600. The molecule has 1 N–H and O–H groups in total. The van der Waals surface area contributed by atoms with Crippen molar-refractivity contribution in [1.29, 1.82) is 0 Å². The lowest BCUT2D eigenvalue weighted by Crippen LogP contribution is -2.39. The van der Waals surface area contributed by atoms with Crippen LogP contribution in [0.4, 0.5) is 13.2 Å². The highest BCUT2D eigenvalue weighted by Gasteiger charge is 2.52. The monoisotopic (exact) mass is 290 g/mol. The predicted molar refractivity (Wildman–Crippen MR) is 71.9 cm³/mol. The fourth-order valence-corrected chi connectivity index (χ4v) is 1.91. The first-order valence-electron chi connectivity index (χ1n) is 6.50. The van der Waals surface area contributed by atoms with Crippen molar-refractivity contribution in [3.05, 3.63) is 28.8 Å². The number of benzene rings is 1. The highest BCUT2D eigenvalue weighted by molar-refractivity contribution is 5.47. The van der Waals surface area contributed by atoms with Crippen LogP contribution in [0.5, 0.6) is 5.75 Å². The molecule has 0 aromatic heterocycles. The lowest BCUT2D eigenvalue weighted by atomic mass is 9.91. The first kappa shape index (κ1) is 16.8. The van der Waals surface area contributed by atoms with Crippen molar-refractivity contribution in [2.75, 3.05) is 6.61 Å². The van der Waals surface area contributed by atoms with Gasteiger partial charge in [0.15, 0.2) is 5.60 Å². The van der Waals surface area contributed by atoms with Crippen LogP contribution in [0, 0.1) is 19.8 Å². The van der Waals surface area contributed by atoms with Crippen molar-refractivity contribution >= 4 is 0 Å². The Morgan fingerprint density at radius 1 is 1.20 bits per heavy atom. The molecular formula is C15H21F3O2. The van der Waals surface area contributed by atoms with E-state index >= 15 is 0 Å². The van der Waals surface area contributed by atoms with Crippen molar-refractivity contribution in [2.45, 2.75) is 46.4 Å². The standard InChI is InChI=1S/C15H21F3O2/c1-9(2)8-20-13-11(4)6-10(3)7-12(13)14(5,19)15(16,17)18/h6-7,9,19H,8H2,1-5H3. The Bertz CT molecular complexity index is 477. The van der Waals surface area contributed by atoms with Crippen LogP contribution in [0.1, 0.15) is 37.5 Å². The molecule has 0 aliphatic heterocycles. The van der Waals surface area contributed by atoms with Crippen LogP contribution in [-0.2, 0) is 5.60 Å². The molecule has 114 valence electrons. The van der Waals surface area contributed by atoms with Gasteiger partial charge in [-0.05, 0) is 38.3 Å². The molecule has 1 aromatic rings. The Balaban J connectivity index is 3.37. The van der Waals surface area contributed by atoms with E-state index in [-0.39, 0.29) is 17.2 Å². The van der Waals surface area contributed by atoms with Crippen molar-refractivity contribution in [2.24, 2.45) is 5.92 Å². The average Bonchev–Trinajstić information content (AvgIpc) is 2.24. The smallest absolute Gasteiger partial charge is 0.421 e. The SMILES string of the molecule is Cc1cc(C)c(OCC(C)C)c(C(C)(O)C(F)(F)F)c1. The lowest BCUT2D eigenvalue weighted by molar-refractivity contribution is -0.259. The van der Waals surface area contributed by atoms with Gasteiger partial charge in [0.1, 0.15) is 5.75 Å². The molecular weight excluding hydrogens is 269 g/mol. The van der Waals surface area contributed by atoms with E-state index < -0.39 is 11.8 Å². The molecule has 0 fully saturated rings. The van der Waals surface area contributed by atoms with Crippen LogP contribution in [0.2, 0.25) is 0 Å². The van der Waals surface area contributed by atoms with Crippen molar-refractivity contribution < 1.29 is 23.0 Å². The number of aliphatic hydroxyl groups is 1. The van der Waals surface area contributed by atoms with Gasteiger partial charge in [0, 0.05) is 5.56 Å². The van der Waals surface area contributed by atoms with Gasteiger partial charge < -0.3 is 9.84 Å². The van der Waals surface area contributed by atoms with E-state index in [0.717, 1.165) is 6.92 Å². The molecule has 0 aliphatic rings. The minimum absolute atomic E-state index is 0.117. The van der Waals surface area contributed by atoms with Gasteiger partial charge in [-0.25, -0.2) is 0 Å². The maximum absolute atomic E-state index is 13.1. The Morgan fingerprint density at radius 2 is 1.75 bits per heavy atom. The summed E-state index contributed by atoms with van der Waals surface area (Å²) in [5.41, 5.74) is -1.93. The van der Waals surface area contributed by atoms with Crippen molar-refractivity contribution in [3.63, 3.8) is 0 Å². The summed E-state index contributed by atoms with van der Waals surface area (Å²) in [5.74, 6) is 0.297. The summed E-state index contributed by atoms with van der Waals surface area (Å²) in [5, 5.41) is 9.91. The molecule has 0 bridgehead atoms. The second kappa shape index (κ2) is 5.64. The third kappa shape index (κ3) is 3.45. The molecule has 1 aromatic carbocycles. The first-order valence-corrected chi connectivity index (χ1v) is 6.50. The summed E-state index contributed by atoms with van der Waals surface area (Å²) >= 11 is 0. The second-order valence-corrected chi connectivity index (χ2v) is 5.73. The zero-order valence-electron chi connectivity index (χ0n) is 12.4. The van der Waals surface area contributed by atoms with E-state index in [9.17, 15) is 18.3 Å². The number of alkyl halides is 3. The van der Waals surface area contributed by atoms with E-state index in [1.54, 1.807) is 19.9 Å². The topological polar surface area (TPSA) is 29.5 Å². The average molecular weight is 290 g/mol. The normalized spacial score (nSPS) is 15.3. The van der Waals surface area contributed by atoms with Gasteiger partial charge in [0.25, 0.3) is 0 Å². The number of hydrogen-bond acceptors (Lipinski definition) is 2. The van der Waals surface area contributed by atoms with Crippen molar-refractivity contribution in [1.82, 2.24) is 0 Å². The van der Waals surface area contributed by atoms with E-state index in [0.29, 0.717) is 17.7 Å². The second-order valence-electron chi connectivity index (χ2n) is 5.73. The third-order valence-corrected chi connectivity index (χ3v) is 3.06. The number of rotatable bonds is 4. The van der Waals surface area contributed by atoms with Crippen molar-refractivity contribution in [3.8, 4) is 5.75 Å². The summed E-state index contributed by atoms with van der Waals surface area (Å²) in [6.45, 7) is 8.23. The van der Waals surface area contributed by atoms with Gasteiger partial charge >= 0.3 is 6.18 Å². The first-order chi connectivity index (χ1) is 8.96. The highest BCUT2D eigenvalue weighted by Crippen LogP contribution is 2.44. The van der Waals surface area contributed by atoms with E-state index in [4.69, 9.17) is 4.74 Å². The lowest BCUT2D eigenvalue weighted by Gasteiger charge is -2.30. The zero-order valence-corrected chi connectivity index (χ0v) is 12.4. The number of ether oxygens (including phenoxy) is 1. The van der Waals surface area contributed by atoms with Crippen LogP contribution in [-0.4, -0.2) is 17.9 Å². The molecule has 0 saturated carbocycles. The molecule has 0 aliphatic carbocycles. The fourth-order valence-electron chi connectivity index (χ4n) is 1.91. The third-order valence-electron chi connectivity index (χ3n) is 3.06. The molecule has 1 unspecified atom stereocenters. The molecule has 5 heteroatoms. The molecule has 2 nitrogen and oxygen atoms in total. The molecule has 1 rings (SSSR count). The Hall–Kier alpha value is -1.23. The van der Waals surface area contributed by atoms with Crippen LogP contribution in [0.15, 0.2) is 12.1 Å². The largest absolute Gasteiger partial charge is 0.493 e. The Morgan fingerprint density at radius 3 is 2.20 bits per heavy atom. The number of halogens is 3. The van der Waals surface area contributed by atoms with Crippen LogP contribution < -0.4 is 4.74 Å². The molecule has 20 heavy (non-hydrogen) atoms. The maximum atomic E-state index is 13.1. The van der Waals surface area contributed by atoms with Gasteiger partial charge in [-0.3, -0.25) is 0 Å². The van der Waals surface area contributed by atoms with Gasteiger partial charge in [-0.2, -0.15) is 13.2 Å². The van der Waals surface area contributed by atoms with Crippen LogP contribution in [0.3, 0.4) is 0 Å². The van der Waals surface area contributed by atoms with Crippen LogP contribution in [0.25, 0.3) is 0 Å². The highest BCUT2D eigenvalue weighted by atomic mass is 19.4. The Labute approximate surface area is 117 Å². The Kier molecular flexibility index (Phi) is 4.74. The molecule has 0 saturated heterocycles. The molecule has 0 spiro atoms.